The highest BCUT2D eigenvalue weighted by molar-refractivity contribution is 5.56. The average molecular weight is 252 g/mol. The number of nitrogens with zero attached hydrogens (tertiary/aromatic N) is 1. The van der Waals surface area contributed by atoms with E-state index in [0.29, 0.717) is 6.54 Å². The third-order valence-corrected chi connectivity index (χ3v) is 3.91. The number of rotatable bonds is 3. The van der Waals surface area contributed by atoms with Crippen molar-refractivity contribution in [2.24, 2.45) is 5.73 Å². The maximum Gasteiger partial charge on any atom is 0.0432 e. The molecule has 1 aliphatic rings. The summed E-state index contributed by atoms with van der Waals surface area (Å²) in [5.74, 6) is 0. The lowest BCUT2D eigenvalue weighted by Crippen LogP contribution is -2.29. The first kappa shape index (κ1) is 12.2. The Hall–Kier alpha value is -1.80. The van der Waals surface area contributed by atoms with Crippen LogP contribution < -0.4 is 10.6 Å². The van der Waals surface area contributed by atoms with Gasteiger partial charge in [0.2, 0.25) is 0 Å². The van der Waals surface area contributed by atoms with Crippen molar-refractivity contribution < 1.29 is 0 Å². The molecule has 0 aromatic heterocycles. The zero-order valence-electron chi connectivity index (χ0n) is 11.2. The van der Waals surface area contributed by atoms with Crippen molar-refractivity contribution in [1.82, 2.24) is 0 Å². The SMILES string of the molecule is NCc1ccccc1CN1CCCc2ccccc21. The molecule has 2 aromatic carbocycles. The van der Waals surface area contributed by atoms with Crippen molar-refractivity contribution >= 4 is 5.69 Å². The summed E-state index contributed by atoms with van der Waals surface area (Å²) >= 11 is 0. The summed E-state index contributed by atoms with van der Waals surface area (Å²) in [6, 6.07) is 17.2. The molecule has 1 aliphatic heterocycles. The van der Waals surface area contributed by atoms with Gasteiger partial charge in [0, 0.05) is 25.3 Å². The Morgan fingerprint density at radius 3 is 2.53 bits per heavy atom. The smallest absolute Gasteiger partial charge is 0.0432 e. The Bertz CT molecular complexity index is 563. The van der Waals surface area contributed by atoms with Gasteiger partial charge >= 0.3 is 0 Å². The predicted octanol–water partition coefficient (Wildman–Crippen LogP) is 3.10. The van der Waals surface area contributed by atoms with Gasteiger partial charge in [-0.15, -0.1) is 0 Å². The van der Waals surface area contributed by atoms with E-state index in [4.69, 9.17) is 5.73 Å². The van der Waals surface area contributed by atoms with Crippen molar-refractivity contribution in [2.75, 3.05) is 11.4 Å². The molecule has 2 nitrogen and oxygen atoms in total. The van der Waals surface area contributed by atoms with Crippen LogP contribution in [0.1, 0.15) is 23.1 Å². The summed E-state index contributed by atoms with van der Waals surface area (Å²) < 4.78 is 0. The van der Waals surface area contributed by atoms with Gasteiger partial charge in [-0.05, 0) is 35.6 Å². The second-order valence-electron chi connectivity index (χ2n) is 5.13. The Kier molecular flexibility index (Phi) is 3.51. The molecule has 0 spiro atoms. The zero-order chi connectivity index (χ0) is 13.1. The fourth-order valence-electron chi connectivity index (χ4n) is 2.89. The Morgan fingerprint density at radius 2 is 1.68 bits per heavy atom. The van der Waals surface area contributed by atoms with Crippen molar-refractivity contribution in [1.29, 1.82) is 0 Å². The van der Waals surface area contributed by atoms with E-state index in [1.807, 2.05) is 0 Å². The Balaban J connectivity index is 1.88. The number of para-hydroxylation sites is 1. The number of nitrogens with two attached hydrogens (primary N) is 1. The highest BCUT2D eigenvalue weighted by atomic mass is 15.1. The monoisotopic (exact) mass is 252 g/mol. The predicted molar refractivity (Wildman–Crippen MR) is 80.1 cm³/mol. The first-order valence-electron chi connectivity index (χ1n) is 6.98. The van der Waals surface area contributed by atoms with Gasteiger partial charge in [-0.25, -0.2) is 0 Å². The molecule has 0 fully saturated rings. The molecule has 0 atom stereocenters. The van der Waals surface area contributed by atoms with Crippen molar-refractivity contribution in [3.8, 4) is 0 Å². The standard InChI is InChI=1S/C17H20N2/c18-12-15-7-1-2-8-16(15)13-19-11-5-9-14-6-3-4-10-17(14)19/h1-4,6-8,10H,5,9,11-13,18H2. The van der Waals surface area contributed by atoms with Crippen LogP contribution in [0.4, 0.5) is 5.69 Å². The van der Waals surface area contributed by atoms with Gasteiger partial charge in [-0.3, -0.25) is 0 Å². The van der Waals surface area contributed by atoms with E-state index in [0.717, 1.165) is 13.1 Å². The second-order valence-corrected chi connectivity index (χ2v) is 5.13. The molecule has 19 heavy (non-hydrogen) atoms. The van der Waals surface area contributed by atoms with E-state index in [-0.39, 0.29) is 0 Å². The average Bonchev–Trinajstić information content (AvgIpc) is 2.48. The molecule has 0 bridgehead atoms. The normalized spacial score (nSPS) is 14.3. The van der Waals surface area contributed by atoms with Crippen LogP contribution in [0, 0.1) is 0 Å². The molecule has 0 unspecified atom stereocenters. The lowest BCUT2D eigenvalue weighted by Gasteiger charge is -2.32. The molecule has 2 heteroatoms. The highest BCUT2D eigenvalue weighted by Crippen LogP contribution is 2.28. The Morgan fingerprint density at radius 1 is 0.947 bits per heavy atom. The van der Waals surface area contributed by atoms with Crippen LogP contribution in [0.25, 0.3) is 0 Å². The molecule has 0 aliphatic carbocycles. The van der Waals surface area contributed by atoms with E-state index in [1.165, 1.54) is 35.2 Å². The molecule has 0 saturated carbocycles. The molecule has 0 radical (unpaired) electrons. The van der Waals surface area contributed by atoms with Gasteiger partial charge < -0.3 is 10.6 Å². The molecule has 3 rings (SSSR count). The van der Waals surface area contributed by atoms with Gasteiger partial charge in [0.1, 0.15) is 0 Å². The summed E-state index contributed by atoms with van der Waals surface area (Å²) in [5.41, 5.74) is 11.3. The largest absolute Gasteiger partial charge is 0.367 e. The van der Waals surface area contributed by atoms with E-state index >= 15 is 0 Å². The quantitative estimate of drug-likeness (QED) is 0.909. The third-order valence-electron chi connectivity index (χ3n) is 3.91. The molecular weight excluding hydrogens is 232 g/mol. The number of benzene rings is 2. The van der Waals surface area contributed by atoms with E-state index < -0.39 is 0 Å². The summed E-state index contributed by atoms with van der Waals surface area (Å²) in [6.07, 6.45) is 2.44. The molecule has 2 N–H and O–H groups in total. The van der Waals surface area contributed by atoms with Crippen LogP contribution in [0.2, 0.25) is 0 Å². The Labute approximate surface area is 114 Å². The molecule has 2 aromatic rings. The summed E-state index contributed by atoms with van der Waals surface area (Å²) in [6.45, 7) is 2.71. The number of hydrogen-bond donors (Lipinski definition) is 1. The van der Waals surface area contributed by atoms with Gasteiger partial charge in [-0.2, -0.15) is 0 Å². The van der Waals surface area contributed by atoms with Crippen LogP contribution in [0.5, 0.6) is 0 Å². The topological polar surface area (TPSA) is 29.3 Å². The lowest BCUT2D eigenvalue weighted by molar-refractivity contribution is 0.688. The van der Waals surface area contributed by atoms with E-state index in [2.05, 4.69) is 53.4 Å². The van der Waals surface area contributed by atoms with Crippen molar-refractivity contribution in [3.63, 3.8) is 0 Å². The minimum absolute atomic E-state index is 0.617. The fraction of sp³-hybridized carbons (Fsp3) is 0.294. The molecular formula is C17H20N2. The highest BCUT2D eigenvalue weighted by Gasteiger charge is 2.16. The van der Waals surface area contributed by atoms with Crippen molar-refractivity contribution in [3.05, 3.63) is 65.2 Å². The molecule has 1 heterocycles. The van der Waals surface area contributed by atoms with Crippen LogP contribution in [-0.2, 0) is 19.5 Å². The van der Waals surface area contributed by atoms with E-state index in [9.17, 15) is 0 Å². The van der Waals surface area contributed by atoms with Crippen molar-refractivity contribution in [2.45, 2.75) is 25.9 Å². The first-order chi connectivity index (χ1) is 9.38. The maximum atomic E-state index is 5.83. The lowest BCUT2D eigenvalue weighted by atomic mass is 10.00. The van der Waals surface area contributed by atoms with Gasteiger partial charge in [-0.1, -0.05) is 42.5 Å². The van der Waals surface area contributed by atoms with Crippen LogP contribution in [0.15, 0.2) is 48.5 Å². The third kappa shape index (κ3) is 2.49. The first-order valence-corrected chi connectivity index (χ1v) is 6.98. The number of hydrogen-bond acceptors (Lipinski definition) is 2. The fourth-order valence-corrected chi connectivity index (χ4v) is 2.89. The summed E-state index contributed by atoms with van der Waals surface area (Å²) in [5, 5.41) is 0. The van der Waals surface area contributed by atoms with E-state index in [1.54, 1.807) is 0 Å². The summed E-state index contributed by atoms with van der Waals surface area (Å²) in [4.78, 5) is 2.48. The maximum absolute atomic E-state index is 5.83. The number of fused-ring (bicyclic) bond motifs is 1. The van der Waals surface area contributed by atoms with Gasteiger partial charge in [0.15, 0.2) is 0 Å². The summed E-state index contributed by atoms with van der Waals surface area (Å²) in [7, 11) is 0. The minimum Gasteiger partial charge on any atom is -0.367 e. The van der Waals surface area contributed by atoms with Crippen LogP contribution >= 0.6 is 0 Å². The second kappa shape index (κ2) is 5.45. The molecule has 98 valence electrons. The number of anilines is 1. The zero-order valence-corrected chi connectivity index (χ0v) is 11.2. The van der Waals surface area contributed by atoms with Gasteiger partial charge in [0.25, 0.3) is 0 Å². The minimum atomic E-state index is 0.617. The molecule has 0 amide bonds. The van der Waals surface area contributed by atoms with Gasteiger partial charge in [0.05, 0.1) is 0 Å². The number of aryl methyl sites for hydroxylation is 1. The van der Waals surface area contributed by atoms with Crippen LogP contribution in [0.3, 0.4) is 0 Å². The van der Waals surface area contributed by atoms with Crippen LogP contribution in [-0.4, -0.2) is 6.54 Å². The molecule has 0 saturated heterocycles.